The molecule has 0 bridgehead atoms. The summed E-state index contributed by atoms with van der Waals surface area (Å²) in [5.74, 6) is 0.506. The van der Waals surface area contributed by atoms with Crippen molar-refractivity contribution in [1.82, 2.24) is 15.1 Å². The molecule has 0 spiro atoms. The molecule has 21 heavy (non-hydrogen) atoms. The Kier molecular flexibility index (Phi) is 5.22. The van der Waals surface area contributed by atoms with Crippen LogP contribution in [-0.4, -0.2) is 41.8 Å². The van der Waals surface area contributed by atoms with Crippen molar-refractivity contribution >= 4 is 5.82 Å². The minimum atomic E-state index is -0.250. The van der Waals surface area contributed by atoms with Crippen LogP contribution in [0.25, 0.3) is 11.3 Å². The Labute approximate surface area is 125 Å². The van der Waals surface area contributed by atoms with E-state index in [4.69, 9.17) is 0 Å². The predicted molar refractivity (Wildman–Crippen MR) is 83.7 cm³/mol. The largest absolute Gasteiger partial charge is 0.366 e. The molecule has 0 fully saturated rings. The highest BCUT2D eigenvalue weighted by Gasteiger charge is 2.05. The molecular weight excluding hydrogens is 267 g/mol. The van der Waals surface area contributed by atoms with Gasteiger partial charge in [-0.3, -0.25) is 0 Å². The SMILES string of the molecule is CC(CCN(C)C)Nc1ccc(-c2ccc(F)cc2)nn1. The zero-order valence-electron chi connectivity index (χ0n) is 12.7. The highest BCUT2D eigenvalue weighted by molar-refractivity contribution is 5.59. The van der Waals surface area contributed by atoms with E-state index in [-0.39, 0.29) is 5.82 Å². The lowest BCUT2D eigenvalue weighted by atomic mass is 10.1. The second-order valence-electron chi connectivity index (χ2n) is 5.45. The highest BCUT2D eigenvalue weighted by atomic mass is 19.1. The maximum Gasteiger partial charge on any atom is 0.148 e. The van der Waals surface area contributed by atoms with Crippen molar-refractivity contribution in [1.29, 1.82) is 0 Å². The van der Waals surface area contributed by atoms with Crippen LogP contribution in [-0.2, 0) is 0 Å². The zero-order chi connectivity index (χ0) is 15.2. The van der Waals surface area contributed by atoms with Crippen LogP contribution in [0, 0.1) is 5.82 Å². The minimum Gasteiger partial charge on any atom is -0.366 e. The van der Waals surface area contributed by atoms with Crippen molar-refractivity contribution in [3.8, 4) is 11.3 Å². The van der Waals surface area contributed by atoms with Crippen LogP contribution in [0.4, 0.5) is 10.2 Å². The van der Waals surface area contributed by atoms with Crippen LogP contribution in [0.2, 0.25) is 0 Å². The summed E-state index contributed by atoms with van der Waals surface area (Å²) in [4.78, 5) is 2.15. The molecule has 0 saturated heterocycles. The fourth-order valence-electron chi connectivity index (χ4n) is 1.96. The predicted octanol–water partition coefficient (Wildman–Crippen LogP) is 3.03. The van der Waals surface area contributed by atoms with Crippen molar-refractivity contribution in [3.05, 3.63) is 42.2 Å². The maximum atomic E-state index is 12.9. The molecule has 1 N–H and O–H groups in total. The van der Waals surface area contributed by atoms with Gasteiger partial charge in [0.15, 0.2) is 0 Å². The van der Waals surface area contributed by atoms with Gasteiger partial charge in [0, 0.05) is 11.6 Å². The lowest BCUT2D eigenvalue weighted by Crippen LogP contribution is -2.23. The third-order valence-corrected chi connectivity index (χ3v) is 3.21. The molecular formula is C16H21FN4. The molecule has 0 radical (unpaired) electrons. The van der Waals surface area contributed by atoms with Gasteiger partial charge in [-0.15, -0.1) is 10.2 Å². The van der Waals surface area contributed by atoms with E-state index < -0.39 is 0 Å². The third-order valence-electron chi connectivity index (χ3n) is 3.21. The molecule has 1 aromatic carbocycles. The van der Waals surface area contributed by atoms with Crippen LogP contribution in [0.3, 0.4) is 0 Å². The van der Waals surface area contributed by atoms with E-state index in [1.807, 2.05) is 12.1 Å². The molecule has 2 rings (SSSR count). The molecule has 0 saturated carbocycles. The Balaban J connectivity index is 1.97. The fraction of sp³-hybridized carbons (Fsp3) is 0.375. The van der Waals surface area contributed by atoms with Crippen LogP contribution in [0.1, 0.15) is 13.3 Å². The summed E-state index contributed by atoms with van der Waals surface area (Å²) in [7, 11) is 4.12. The van der Waals surface area contributed by atoms with Gasteiger partial charge in [0.2, 0.25) is 0 Å². The lowest BCUT2D eigenvalue weighted by Gasteiger charge is -2.16. The first-order chi connectivity index (χ1) is 10.0. The highest BCUT2D eigenvalue weighted by Crippen LogP contribution is 2.17. The van der Waals surface area contributed by atoms with E-state index in [1.165, 1.54) is 12.1 Å². The first kappa shape index (κ1) is 15.4. The van der Waals surface area contributed by atoms with Gasteiger partial charge in [-0.2, -0.15) is 0 Å². The van der Waals surface area contributed by atoms with E-state index >= 15 is 0 Å². The topological polar surface area (TPSA) is 41.0 Å². The van der Waals surface area contributed by atoms with Gasteiger partial charge < -0.3 is 10.2 Å². The maximum absolute atomic E-state index is 12.9. The second kappa shape index (κ2) is 7.13. The van der Waals surface area contributed by atoms with Crippen LogP contribution < -0.4 is 5.32 Å². The molecule has 4 nitrogen and oxygen atoms in total. The summed E-state index contributed by atoms with van der Waals surface area (Å²) in [6.45, 7) is 3.15. The molecule has 0 aliphatic carbocycles. The van der Waals surface area contributed by atoms with Crippen molar-refractivity contribution in [3.63, 3.8) is 0 Å². The van der Waals surface area contributed by atoms with Crippen molar-refractivity contribution in [2.24, 2.45) is 0 Å². The number of rotatable bonds is 6. The van der Waals surface area contributed by atoms with Crippen LogP contribution in [0.5, 0.6) is 0 Å². The van der Waals surface area contributed by atoms with E-state index in [2.05, 4.69) is 41.4 Å². The molecule has 1 aromatic heterocycles. The Morgan fingerprint density at radius 2 is 1.81 bits per heavy atom. The Bertz CT molecular complexity index is 551. The van der Waals surface area contributed by atoms with Crippen LogP contribution >= 0.6 is 0 Å². The third kappa shape index (κ3) is 4.79. The van der Waals surface area contributed by atoms with E-state index in [0.717, 1.165) is 30.0 Å². The van der Waals surface area contributed by atoms with E-state index in [9.17, 15) is 4.39 Å². The molecule has 0 amide bonds. The monoisotopic (exact) mass is 288 g/mol. The lowest BCUT2D eigenvalue weighted by molar-refractivity contribution is 0.390. The number of halogens is 1. The van der Waals surface area contributed by atoms with Crippen molar-refractivity contribution < 1.29 is 4.39 Å². The standard InChI is InChI=1S/C16H21FN4/c1-12(10-11-21(2)3)18-16-9-8-15(19-20-16)13-4-6-14(17)7-5-13/h4-9,12H,10-11H2,1-3H3,(H,18,20). The molecule has 1 atom stereocenters. The molecule has 5 heteroatoms. The zero-order valence-corrected chi connectivity index (χ0v) is 12.7. The van der Waals surface area contributed by atoms with E-state index in [1.54, 1.807) is 12.1 Å². The average Bonchev–Trinajstić information content (AvgIpc) is 2.47. The number of benzene rings is 1. The smallest absolute Gasteiger partial charge is 0.148 e. The Hall–Kier alpha value is -2.01. The molecule has 112 valence electrons. The average molecular weight is 288 g/mol. The first-order valence-electron chi connectivity index (χ1n) is 7.05. The Morgan fingerprint density at radius 1 is 1.10 bits per heavy atom. The number of aromatic nitrogens is 2. The minimum absolute atomic E-state index is 0.250. The number of hydrogen-bond acceptors (Lipinski definition) is 4. The summed E-state index contributed by atoms with van der Waals surface area (Å²) in [6, 6.07) is 10.4. The van der Waals surface area contributed by atoms with E-state index in [0.29, 0.717) is 6.04 Å². The number of hydrogen-bond donors (Lipinski definition) is 1. The Morgan fingerprint density at radius 3 is 2.38 bits per heavy atom. The van der Waals surface area contributed by atoms with Crippen molar-refractivity contribution in [2.75, 3.05) is 26.0 Å². The molecule has 1 heterocycles. The molecule has 2 aromatic rings. The quantitative estimate of drug-likeness (QED) is 0.887. The van der Waals surface area contributed by atoms with Gasteiger partial charge in [-0.05, 0) is 70.4 Å². The van der Waals surface area contributed by atoms with Crippen molar-refractivity contribution in [2.45, 2.75) is 19.4 Å². The normalized spacial score (nSPS) is 12.4. The molecule has 0 aliphatic heterocycles. The summed E-state index contributed by atoms with van der Waals surface area (Å²) < 4.78 is 12.9. The summed E-state index contributed by atoms with van der Waals surface area (Å²) in [6.07, 6.45) is 1.04. The fourth-order valence-corrected chi connectivity index (χ4v) is 1.96. The summed E-state index contributed by atoms with van der Waals surface area (Å²) in [5.41, 5.74) is 1.60. The summed E-state index contributed by atoms with van der Waals surface area (Å²) >= 11 is 0. The van der Waals surface area contributed by atoms with Gasteiger partial charge in [-0.25, -0.2) is 4.39 Å². The summed E-state index contributed by atoms with van der Waals surface area (Å²) in [5, 5.41) is 11.7. The second-order valence-corrected chi connectivity index (χ2v) is 5.45. The van der Waals surface area contributed by atoms with Gasteiger partial charge in [0.25, 0.3) is 0 Å². The molecule has 1 unspecified atom stereocenters. The van der Waals surface area contributed by atoms with Gasteiger partial charge in [0.1, 0.15) is 11.6 Å². The first-order valence-corrected chi connectivity index (χ1v) is 7.05. The van der Waals surface area contributed by atoms with Gasteiger partial charge in [0.05, 0.1) is 5.69 Å². The van der Waals surface area contributed by atoms with Gasteiger partial charge in [-0.1, -0.05) is 0 Å². The molecule has 0 aliphatic rings. The number of nitrogens with zero attached hydrogens (tertiary/aromatic N) is 3. The van der Waals surface area contributed by atoms with Crippen LogP contribution in [0.15, 0.2) is 36.4 Å². The van der Waals surface area contributed by atoms with Gasteiger partial charge >= 0.3 is 0 Å². The number of anilines is 1. The number of nitrogens with one attached hydrogen (secondary N) is 1.